The zero-order valence-electron chi connectivity index (χ0n) is 17.2. The van der Waals surface area contributed by atoms with Gasteiger partial charge in [-0.2, -0.15) is 0 Å². The van der Waals surface area contributed by atoms with Gasteiger partial charge < -0.3 is 9.42 Å². The smallest absolute Gasteiger partial charge is 0.259 e. The predicted molar refractivity (Wildman–Crippen MR) is 113 cm³/mol. The normalized spacial score (nSPS) is 15.5. The lowest BCUT2D eigenvalue weighted by molar-refractivity contribution is -0.0494. The summed E-state index contributed by atoms with van der Waals surface area (Å²) in [7, 11) is 0. The molecule has 168 valence electrons. The molecule has 0 radical (unpaired) electrons. The summed E-state index contributed by atoms with van der Waals surface area (Å²) in [6.45, 7) is 0.0267. The van der Waals surface area contributed by atoms with Gasteiger partial charge in [-0.1, -0.05) is 5.16 Å². The van der Waals surface area contributed by atoms with Crippen LogP contribution in [0.1, 0.15) is 33.6 Å². The number of amides is 2. The van der Waals surface area contributed by atoms with Crippen LogP contribution in [0.15, 0.2) is 59.8 Å². The number of anilines is 1. The Kier molecular flexibility index (Phi) is 5.08. The summed E-state index contributed by atoms with van der Waals surface area (Å²) in [6, 6.07) is 6.63. The molecule has 5 rings (SSSR count). The fourth-order valence-electron chi connectivity index (χ4n) is 3.72. The van der Waals surface area contributed by atoms with Gasteiger partial charge in [0.1, 0.15) is 5.65 Å². The minimum absolute atomic E-state index is 0.0134. The molecule has 1 N–H and O–H groups in total. The molecule has 5 heterocycles. The van der Waals surface area contributed by atoms with Gasteiger partial charge in [0.05, 0.1) is 29.2 Å². The van der Waals surface area contributed by atoms with Gasteiger partial charge in [0, 0.05) is 56.0 Å². The fraction of sp³-hybridized carbons (Fsp3) is 0.227. The number of hydrogen-bond acceptors (Lipinski definition) is 6. The molecule has 0 bridgehead atoms. The highest BCUT2D eigenvalue weighted by atomic mass is 19.3. The molecule has 1 fully saturated rings. The predicted octanol–water partition coefficient (Wildman–Crippen LogP) is 3.53. The van der Waals surface area contributed by atoms with E-state index in [0.717, 1.165) is 0 Å². The second-order valence-corrected chi connectivity index (χ2v) is 7.73. The van der Waals surface area contributed by atoms with E-state index in [1.54, 1.807) is 35.2 Å². The van der Waals surface area contributed by atoms with Crippen LogP contribution in [0.5, 0.6) is 0 Å². The fourth-order valence-corrected chi connectivity index (χ4v) is 3.72. The van der Waals surface area contributed by atoms with E-state index in [0.29, 0.717) is 27.8 Å². The Balaban J connectivity index is 1.38. The zero-order chi connectivity index (χ0) is 23.0. The van der Waals surface area contributed by atoms with E-state index in [1.807, 2.05) is 0 Å². The number of pyridine rings is 2. The highest BCUT2D eigenvalue weighted by Crippen LogP contribution is 2.29. The molecule has 0 aliphatic carbocycles. The minimum Gasteiger partial charge on any atom is -0.338 e. The van der Waals surface area contributed by atoms with Gasteiger partial charge in [0.25, 0.3) is 17.7 Å². The van der Waals surface area contributed by atoms with Crippen molar-refractivity contribution in [2.45, 2.75) is 18.8 Å². The molecule has 0 atom stereocenters. The molecule has 0 aromatic carbocycles. The topological polar surface area (TPSA) is 106 Å². The van der Waals surface area contributed by atoms with E-state index in [-0.39, 0.29) is 37.7 Å². The van der Waals surface area contributed by atoms with Crippen LogP contribution >= 0.6 is 0 Å². The number of fused-ring (bicyclic) bond motifs is 1. The van der Waals surface area contributed by atoms with Crippen LogP contribution < -0.4 is 5.32 Å². The van der Waals surface area contributed by atoms with Crippen LogP contribution in [0.25, 0.3) is 16.7 Å². The van der Waals surface area contributed by atoms with Crippen LogP contribution in [0.4, 0.5) is 14.7 Å². The molecular weight excluding hydrogens is 434 g/mol. The number of piperidine rings is 1. The van der Waals surface area contributed by atoms with Gasteiger partial charge in [-0.3, -0.25) is 24.5 Å². The van der Waals surface area contributed by atoms with E-state index in [1.165, 1.54) is 29.6 Å². The van der Waals surface area contributed by atoms with E-state index in [9.17, 15) is 18.4 Å². The first-order valence-corrected chi connectivity index (χ1v) is 10.2. The average Bonchev–Trinajstić information content (AvgIpc) is 3.48. The van der Waals surface area contributed by atoms with Crippen molar-refractivity contribution in [3.8, 4) is 5.69 Å². The summed E-state index contributed by atoms with van der Waals surface area (Å²) in [4.78, 5) is 35.2. The van der Waals surface area contributed by atoms with E-state index >= 15 is 0 Å². The van der Waals surface area contributed by atoms with Crippen LogP contribution in [0.2, 0.25) is 0 Å². The number of carbonyl (C=O) groups excluding carboxylic acids is 2. The number of halogens is 2. The maximum absolute atomic E-state index is 13.4. The van der Waals surface area contributed by atoms with Crippen LogP contribution in [0.3, 0.4) is 0 Å². The molecule has 1 aliphatic rings. The summed E-state index contributed by atoms with van der Waals surface area (Å²) in [5, 5.41) is 6.81. The van der Waals surface area contributed by atoms with Crippen molar-refractivity contribution in [1.29, 1.82) is 0 Å². The van der Waals surface area contributed by atoms with Crippen molar-refractivity contribution >= 4 is 28.7 Å². The first-order chi connectivity index (χ1) is 15.9. The van der Waals surface area contributed by atoms with Crippen molar-refractivity contribution in [2.24, 2.45) is 0 Å². The number of nitrogens with zero attached hydrogens (tertiary/aromatic N) is 5. The van der Waals surface area contributed by atoms with Gasteiger partial charge >= 0.3 is 0 Å². The average molecular weight is 452 g/mol. The highest BCUT2D eigenvalue weighted by molar-refractivity contribution is 6.03. The first kappa shape index (κ1) is 20.7. The van der Waals surface area contributed by atoms with Crippen LogP contribution in [-0.4, -0.2) is 55.4 Å². The Morgan fingerprint density at radius 1 is 1.06 bits per heavy atom. The van der Waals surface area contributed by atoms with Gasteiger partial charge in [-0.15, -0.1) is 0 Å². The number of likely N-dealkylation sites (tertiary alicyclic amines) is 1. The number of aromatic nitrogens is 4. The largest absolute Gasteiger partial charge is 0.338 e. The summed E-state index contributed by atoms with van der Waals surface area (Å²) < 4.78 is 33.4. The van der Waals surface area contributed by atoms with E-state index in [2.05, 4.69) is 20.4 Å². The Hall–Kier alpha value is -4.15. The number of rotatable bonds is 4. The third-order valence-electron chi connectivity index (χ3n) is 5.49. The number of alkyl halides is 2. The molecule has 2 amide bonds. The standard InChI is InChI=1S/C22H18F2N6O3/c23-22(24)3-7-29(8-4-22)21(32)16-9-14-2-6-30(19(14)26-12-16)17-10-15(11-25-13-17)20(31)28-18-1-5-27-33-18/h1-2,5-6,9-13H,3-4,7-8H2,(H,28,31). The third-order valence-corrected chi connectivity index (χ3v) is 5.49. The Labute approximate surface area is 186 Å². The maximum Gasteiger partial charge on any atom is 0.259 e. The lowest BCUT2D eigenvalue weighted by atomic mass is 10.1. The van der Waals surface area contributed by atoms with E-state index < -0.39 is 11.8 Å². The number of hydrogen-bond donors (Lipinski definition) is 1. The van der Waals surface area contributed by atoms with Crippen molar-refractivity contribution in [3.63, 3.8) is 0 Å². The summed E-state index contributed by atoms with van der Waals surface area (Å²) in [5.41, 5.74) is 1.80. The van der Waals surface area contributed by atoms with Crippen molar-refractivity contribution in [1.82, 2.24) is 24.6 Å². The third kappa shape index (κ3) is 4.16. The van der Waals surface area contributed by atoms with Crippen molar-refractivity contribution < 1.29 is 22.9 Å². The molecule has 0 saturated carbocycles. The summed E-state index contributed by atoms with van der Waals surface area (Å²) in [6.07, 6.45) is 6.94. The number of carbonyl (C=O) groups is 2. The second-order valence-electron chi connectivity index (χ2n) is 7.73. The zero-order valence-corrected chi connectivity index (χ0v) is 17.2. The Bertz CT molecular complexity index is 1330. The lowest BCUT2D eigenvalue weighted by Crippen LogP contribution is -2.42. The summed E-state index contributed by atoms with van der Waals surface area (Å²) >= 11 is 0. The molecule has 33 heavy (non-hydrogen) atoms. The molecule has 4 aromatic heterocycles. The molecular formula is C22H18F2N6O3. The molecule has 0 unspecified atom stereocenters. The van der Waals surface area contributed by atoms with Crippen LogP contribution in [-0.2, 0) is 0 Å². The van der Waals surface area contributed by atoms with Gasteiger partial charge in [-0.25, -0.2) is 13.8 Å². The van der Waals surface area contributed by atoms with Gasteiger partial charge in [-0.05, 0) is 18.2 Å². The lowest BCUT2D eigenvalue weighted by Gasteiger charge is -2.31. The Morgan fingerprint density at radius 2 is 1.88 bits per heavy atom. The van der Waals surface area contributed by atoms with Crippen molar-refractivity contribution in [3.05, 3.63) is 66.4 Å². The summed E-state index contributed by atoms with van der Waals surface area (Å²) in [5.74, 6) is -3.23. The monoisotopic (exact) mass is 452 g/mol. The van der Waals surface area contributed by atoms with Gasteiger partial charge in [0.2, 0.25) is 5.88 Å². The molecule has 11 heteroatoms. The Morgan fingerprint density at radius 3 is 2.64 bits per heavy atom. The molecule has 4 aromatic rings. The van der Waals surface area contributed by atoms with E-state index in [4.69, 9.17) is 4.52 Å². The van der Waals surface area contributed by atoms with Crippen LogP contribution in [0, 0.1) is 0 Å². The highest BCUT2D eigenvalue weighted by Gasteiger charge is 2.35. The SMILES string of the molecule is O=C(Nc1ccno1)c1cncc(-n2ccc3cc(C(=O)N4CCC(F)(F)CC4)cnc32)c1. The first-order valence-electron chi connectivity index (χ1n) is 10.2. The minimum atomic E-state index is -2.72. The van der Waals surface area contributed by atoms with Crippen molar-refractivity contribution in [2.75, 3.05) is 18.4 Å². The number of nitrogens with one attached hydrogen (secondary N) is 1. The molecule has 1 saturated heterocycles. The molecule has 9 nitrogen and oxygen atoms in total. The molecule has 1 aliphatic heterocycles. The maximum atomic E-state index is 13.4. The quantitative estimate of drug-likeness (QED) is 0.508. The van der Waals surface area contributed by atoms with Gasteiger partial charge in [0.15, 0.2) is 0 Å². The molecule has 0 spiro atoms. The second kappa shape index (κ2) is 8.08.